The van der Waals surface area contributed by atoms with E-state index in [0.29, 0.717) is 0 Å². The van der Waals surface area contributed by atoms with E-state index >= 15 is 0 Å². The van der Waals surface area contributed by atoms with Crippen molar-refractivity contribution in [2.24, 2.45) is 0 Å². The van der Waals surface area contributed by atoms with Gasteiger partial charge in [0.2, 0.25) is 0 Å². The Morgan fingerprint density at radius 1 is 1.06 bits per heavy atom. The molecule has 0 N–H and O–H groups in total. The highest BCUT2D eigenvalue weighted by Gasteiger charge is 2.05. The van der Waals surface area contributed by atoms with Crippen molar-refractivity contribution < 1.29 is 4.92 Å². The summed E-state index contributed by atoms with van der Waals surface area (Å²) in [5.74, 6) is 0. The lowest BCUT2D eigenvalue weighted by Gasteiger charge is -2.03. The summed E-state index contributed by atoms with van der Waals surface area (Å²) >= 11 is 0. The van der Waals surface area contributed by atoms with Crippen molar-refractivity contribution in [1.29, 1.82) is 0 Å². The molecule has 0 atom stereocenters. The monoisotopic (exact) mass is 227 g/mol. The number of aryl methyl sites for hydroxylation is 1. The van der Waals surface area contributed by atoms with Gasteiger partial charge in [0, 0.05) is 12.1 Å². The minimum Gasteiger partial charge on any atom is -0.258 e. The minimum atomic E-state index is -0.361. The van der Waals surface area contributed by atoms with Crippen LogP contribution >= 0.6 is 0 Å². The molecule has 0 bridgehead atoms. The summed E-state index contributed by atoms with van der Waals surface area (Å²) in [5, 5.41) is 10.7. The first-order valence-corrected chi connectivity index (χ1v) is 5.44. The molecule has 0 saturated heterocycles. The number of nitro benzene ring substituents is 1. The van der Waals surface area contributed by atoms with E-state index in [4.69, 9.17) is 0 Å². The zero-order valence-corrected chi connectivity index (χ0v) is 9.59. The molecule has 0 aliphatic carbocycles. The smallest absolute Gasteiger partial charge is 0.258 e. The van der Waals surface area contributed by atoms with Gasteiger partial charge in [-0.15, -0.1) is 0 Å². The molecule has 0 radical (unpaired) electrons. The maximum absolute atomic E-state index is 10.7. The van der Waals surface area contributed by atoms with Crippen molar-refractivity contribution in [3.8, 4) is 0 Å². The second kappa shape index (κ2) is 4.78. The van der Waals surface area contributed by atoms with Gasteiger partial charge in [0.25, 0.3) is 5.69 Å². The summed E-state index contributed by atoms with van der Waals surface area (Å²) in [4.78, 5) is 10.3. The Bertz CT molecular complexity index is 549. The predicted molar refractivity (Wildman–Crippen MR) is 67.1 cm³/mol. The number of hydrogen-bond donors (Lipinski definition) is 0. The van der Waals surface area contributed by atoms with Gasteiger partial charge in [0.05, 0.1) is 4.92 Å². The Morgan fingerprint density at radius 3 is 2.35 bits per heavy atom. The molecule has 0 heterocycles. The van der Waals surface area contributed by atoms with Gasteiger partial charge in [-0.25, -0.2) is 0 Å². The molecule has 3 heteroatoms. The number of non-ortho nitro benzene ring substituents is 1. The molecule has 0 aromatic heterocycles. The largest absolute Gasteiger partial charge is 0.269 e. The van der Waals surface area contributed by atoms with Gasteiger partial charge in [-0.05, 0) is 24.5 Å². The lowest BCUT2D eigenvalue weighted by molar-refractivity contribution is -0.384. The van der Waals surface area contributed by atoms with Crippen LogP contribution in [-0.4, -0.2) is 4.92 Å². The van der Waals surface area contributed by atoms with Crippen LogP contribution in [0.25, 0.3) is 0 Å². The average molecular weight is 227 g/mol. The molecule has 2 rings (SSSR count). The highest BCUT2D eigenvalue weighted by atomic mass is 16.6. The maximum Gasteiger partial charge on any atom is 0.269 e. The van der Waals surface area contributed by atoms with Crippen LogP contribution in [0.4, 0.5) is 5.69 Å². The average Bonchev–Trinajstić information content (AvgIpc) is 2.29. The Hall–Kier alpha value is -2.16. The van der Waals surface area contributed by atoms with E-state index in [1.54, 1.807) is 12.1 Å². The Morgan fingerprint density at radius 2 is 1.71 bits per heavy atom. The molecule has 0 amide bonds. The van der Waals surface area contributed by atoms with Gasteiger partial charge in [-0.1, -0.05) is 42.0 Å². The number of nitrogens with zero attached hydrogens (tertiary/aromatic N) is 1. The summed E-state index contributed by atoms with van der Waals surface area (Å²) in [6, 6.07) is 14.9. The van der Waals surface area contributed by atoms with Gasteiger partial charge >= 0.3 is 0 Å². The zero-order chi connectivity index (χ0) is 12.3. The van der Waals surface area contributed by atoms with Crippen LogP contribution < -0.4 is 0 Å². The van der Waals surface area contributed by atoms with Crippen molar-refractivity contribution >= 4 is 5.69 Å². The third-order valence-electron chi connectivity index (χ3n) is 2.61. The van der Waals surface area contributed by atoms with Gasteiger partial charge in [0.1, 0.15) is 0 Å². The van der Waals surface area contributed by atoms with E-state index in [1.807, 2.05) is 31.2 Å². The fourth-order valence-corrected chi connectivity index (χ4v) is 1.84. The van der Waals surface area contributed by atoms with Gasteiger partial charge in [0.15, 0.2) is 0 Å². The van der Waals surface area contributed by atoms with Gasteiger partial charge in [-0.3, -0.25) is 10.1 Å². The number of hydrogen-bond acceptors (Lipinski definition) is 2. The van der Waals surface area contributed by atoms with Gasteiger partial charge < -0.3 is 0 Å². The number of rotatable bonds is 3. The molecule has 0 aliphatic rings. The van der Waals surface area contributed by atoms with Crippen LogP contribution in [0, 0.1) is 17.0 Å². The van der Waals surface area contributed by atoms with Crippen LogP contribution in [0.5, 0.6) is 0 Å². The van der Waals surface area contributed by atoms with E-state index in [1.165, 1.54) is 17.2 Å². The van der Waals surface area contributed by atoms with Crippen LogP contribution in [0.1, 0.15) is 16.7 Å². The van der Waals surface area contributed by atoms with E-state index in [9.17, 15) is 10.1 Å². The van der Waals surface area contributed by atoms with Crippen molar-refractivity contribution in [3.05, 3.63) is 75.3 Å². The summed E-state index contributed by atoms with van der Waals surface area (Å²) in [6.45, 7) is 2.04. The molecular formula is C14H13NO2. The number of nitro groups is 1. The van der Waals surface area contributed by atoms with Crippen LogP contribution in [0.15, 0.2) is 48.5 Å². The van der Waals surface area contributed by atoms with Crippen LogP contribution in [0.2, 0.25) is 0 Å². The molecule has 17 heavy (non-hydrogen) atoms. The molecule has 3 nitrogen and oxygen atoms in total. The normalized spacial score (nSPS) is 10.2. The first kappa shape index (κ1) is 11.3. The minimum absolute atomic E-state index is 0.148. The van der Waals surface area contributed by atoms with E-state index in [2.05, 4.69) is 6.07 Å². The highest BCUT2D eigenvalue weighted by Crippen LogP contribution is 2.16. The first-order valence-electron chi connectivity index (χ1n) is 5.44. The van der Waals surface area contributed by atoms with Crippen molar-refractivity contribution in [2.45, 2.75) is 13.3 Å². The zero-order valence-electron chi connectivity index (χ0n) is 9.59. The molecule has 0 fully saturated rings. The highest BCUT2D eigenvalue weighted by molar-refractivity contribution is 5.37. The molecular weight excluding hydrogens is 214 g/mol. The maximum atomic E-state index is 10.7. The van der Waals surface area contributed by atoms with E-state index < -0.39 is 0 Å². The Kier molecular flexibility index (Phi) is 3.19. The summed E-state index contributed by atoms with van der Waals surface area (Å²) < 4.78 is 0. The standard InChI is InChI=1S/C14H13NO2/c1-11-4-2-5-12(8-11)9-13-6-3-7-14(10-13)15(16)17/h2-8,10H,9H2,1H3. The fourth-order valence-electron chi connectivity index (χ4n) is 1.84. The molecule has 0 unspecified atom stereocenters. The van der Waals surface area contributed by atoms with Crippen molar-refractivity contribution in [1.82, 2.24) is 0 Å². The van der Waals surface area contributed by atoms with E-state index in [-0.39, 0.29) is 10.6 Å². The predicted octanol–water partition coefficient (Wildman–Crippen LogP) is 3.49. The molecule has 86 valence electrons. The lowest BCUT2D eigenvalue weighted by Crippen LogP contribution is -1.92. The molecule has 2 aromatic carbocycles. The molecule has 0 saturated carbocycles. The molecule has 0 spiro atoms. The van der Waals surface area contributed by atoms with Crippen LogP contribution in [-0.2, 0) is 6.42 Å². The summed E-state index contributed by atoms with van der Waals surface area (Å²) in [7, 11) is 0. The lowest BCUT2D eigenvalue weighted by atomic mass is 10.0. The van der Waals surface area contributed by atoms with Crippen molar-refractivity contribution in [3.63, 3.8) is 0 Å². The third kappa shape index (κ3) is 2.91. The Labute approximate surface area is 99.9 Å². The summed E-state index contributed by atoms with van der Waals surface area (Å²) in [6.07, 6.45) is 0.726. The van der Waals surface area contributed by atoms with Crippen LogP contribution in [0.3, 0.4) is 0 Å². The quantitative estimate of drug-likeness (QED) is 0.595. The molecule has 2 aromatic rings. The number of benzene rings is 2. The first-order chi connectivity index (χ1) is 8.15. The SMILES string of the molecule is Cc1cccc(Cc2cccc([N+](=O)[O-])c2)c1. The fraction of sp³-hybridized carbons (Fsp3) is 0.143. The second-order valence-electron chi connectivity index (χ2n) is 4.09. The summed E-state index contributed by atoms with van der Waals surface area (Å²) in [5.41, 5.74) is 3.48. The molecule has 0 aliphatic heterocycles. The van der Waals surface area contributed by atoms with Gasteiger partial charge in [-0.2, -0.15) is 0 Å². The van der Waals surface area contributed by atoms with Crippen molar-refractivity contribution in [2.75, 3.05) is 0 Å². The Balaban J connectivity index is 2.24. The third-order valence-corrected chi connectivity index (χ3v) is 2.61. The van der Waals surface area contributed by atoms with E-state index in [0.717, 1.165) is 12.0 Å². The second-order valence-corrected chi connectivity index (χ2v) is 4.09. The topological polar surface area (TPSA) is 43.1 Å².